The molecule has 184 valence electrons. The number of rotatable bonds is 6. The lowest BCUT2D eigenvalue weighted by molar-refractivity contribution is -0.117. The van der Waals surface area contributed by atoms with Crippen molar-refractivity contribution in [3.05, 3.63) is 59.9 Å². The number of ether oxygens (including phenoxy) is 2. The Labute approximate surface area is 205 Å². The Balaban J connectivity index is 1.51. The van der Waals surface area contributed by atoms with Crippen LogP contribution in [-0.4, -0.2) is 49.7 Å². The van der Waals surface area contributed by atoms with E-state index in [1.54, 1.807) is 31.3 Å². The second kappa shape index (κ2) is 10.7. The number of nitrogens with zero attached hydrogens (tertiary/aromatic N) is 1. The highest BCUT2D eigenvalue weighted by Gasteiger charge is 2.24. The van der Waals surface area contributed by atoms with Gasteiger partial charge in [-0.3, -0.25) is 4.79 Å². The normalized spacial score (nSPS) is 14.7. The van der Waals surface area contributed by atoms with Crippen molar-refractivity contribution < 1.29 is 23.5 Å². The van der Waals surface area contributed by atoms with E-state index < -0.39 is 0 Å². The third kappa shape index (κ3) is 5.50. The molecule has 0 atom stereocenters. The molecule has 1 aromatic heterocycles. The van der Waals surface area contributed by atoms with E-state index >= 15 is 0 Å². The monoisotopic (exact) mass is 476 g/mol. The fraction of sp³-hybridized carbons (Fsp3) is 0.357. The minimum absolute atomic E-state index is 0.0172. The van der Waals surface area contributed by atoms with E-state index in [-0.39, 0.29) is 18.0 Å². The zero-order valence-corrected chi connectivity index (χ0v) is 20.7. The molecule has 0 unspecified atom stereocenters. The van der Waals surface area contributed by atoms with Crippen molar-refractivity contribution in [3.8, 4) is 16.9 Å². The average molecular weight is 477 g/mol. The number of likely N-dealkylation sites (tertiary alicyclic amines) is 1. The zero-order valence-electron chi connectivity index (χ0n) is 20.7. The summed E-state index contributed by atoms with van der Waals surface area (Å²) >= 11 is 0. The van der Waals surface area contributed by atoms with Gasteiger partial charge in [-0.05, 0) is 50.8 Å². The number of hydrogen-bond acceptors (Lipinski definition) is 5. The maximum absolute atomic E-state index is 12.8. The quantitative estimate of drug-likeness (QED) is 0.471. The number of furan rings is 1. The predicted molar refractivity (Wildman–Crippen MR) is 136 cm³/mol. The fourth-order valence-electron chi connectivity index (χ4n) is 4.43. The second-order valence-electron chi connectivity index (χ2n) is 8.86. The molecular weight excluding hydrogens is 444 g/mol. The van der Waals surface area contributed by atoms with Gasteiger partial charge in [0.15, 0.2) is 0 Å². The van der Waals surface area contributed by atoms with Crippen LogP contribution in [0.5, 0.6) is 5.75 Å². The summed E-state index contributed by atoms with van der Waals surface area (Å²) in [5.41, 5.74) is 5.61. The first-order valence-electron chi connectivity index (χ1n) is 12.0. The molecule has 2 amide bonds. The highest BCUT2D eigenvalue weighted by molar-refractivity contribution is 6.00. The average Bonchev–Trinajstić information content (AvgIpc) is 3.27. The third-order valence-electron chi connectivity index (χ3n) is 6.40. The van der Waals surface area contributed by atoms with Crippen LogP contribution < -0.4 is 10.1 Å². The van der Waals surface area contributed by atoms with Crippen molar-refractivity contribution in [1.29, 1.82) is 0 Å². The molecule has 7 nitrogen and oxygen atoms in total. The molecule has 0 saturated carbocycles. The summed E-state index contributed by atoms with van der Waals surface area (Å²) in [5.74, 6) is 0.483. The molecule has 35 heavy (non-hydrogen) atoms. The van der Waals surface area contributed by atoms with Crippen LogP contribution in [0.25, 0.3) is 27.7 Å². The number of carbonyl (C=O) groups excluding carboxylic acids is 2. The maximum Gasteiger partial charge on any atom is 0.409 e. The molecule has 1 N–H and O–H groups in total. The smallest absolute Gasteiger partial charge is 0.409 e. The van der Waals surface area contributed by atoms with Gasteiger partial charge in [-0.15, -0.1) is 0 Å². The van der Waals surface area contributed by atoms with Crippen molar-refractivity contribution in [2.75, 3.05) is 26.8 Å². The highest BCUT2D eigenvalue weighted by atomic mass is 16.6. The fourth-order valence-corrected chi connectivity index (χ4v) is 4.43. The number of methoxy groups -OCH3 is 1. The summed E-state index contributed by atoms with van der Waals surface area (Å²) in [7, 11) is 1.61. The molecule has 2 aromatic carbocycles. The van der Waals surface area contributed by atoms with Crippen LogP contribution in [0.2, 0.25) is 0 Å². The van der Waals surface area contributed by atoms with Crippen LogP contribution in [0.15, 0.2) is 53.2 Å². The van der Waals surface area contributed by atoms with Gasteiger partial charge in [-0.25, -0.2) is 4.79 Å². The van der Waals surface area contributed by atoms with E-state index in [9.17, 15) is 9.59 Å². The molecule has 1 saturated heterocycles. The van der Waals surface area contributed by atoms with Crippen molar-refractivity contribution >= 4 is 28.5 Å². The van der Waals surface area contributed by atoms with Crippen LogP contribution in [0.1, 0.15) is 37.8 Å². The highest BCUT2D eigenvalue weighted by Crippen LogP contribution is 2.37. The van der Waals surface area contributed by atoms with Crippen LogP contribution >= 0.6 is 0 Å². The van der Waals surface area contributed by atoms with E-state index in [0.29, 0.717) is 38.3 Å². The second-order valence-corrected chi connectivity index (χ2v) is 8.86. The molecule has 1 aliphatic heterocycles. The Hall–Kier alpha value is -3.74. The number of carbonyl (C=O) groups is 2. The zero-order chi connectivity index (χ0) is 24.9. The number of hydrogen-bond donors (Lipinski definition) is 1. The van der Waals surface area contributed by atoms with Gasteiger partial charge in [0.2, 0.25) is 5.91 Å². The summed E-state index contributed by atoms with van der Waals surface area (Å²) in [6.45, 7) is 7.25. The molecule has 0 radical (unpaired) electrons. The van der Waals surface area contributed by atoms with E-state index in [1.807, 2.05) is 19.1 Å². The SMILES string of the molecule is CCOC(=O)N1CCC(NC(=O)/C=C(\C)c2cc3c(-c4ccc(C)cc4)coc3cc2OC)CC1. The number of aryl methyl sites for hydroxylation is 1. The van der Waals surface area contributed by atoms with Crippen molar-refractivity contribution in [1.82, 2.24) is 10.2 Å². The number of fused-ring (bicyclic) bond motifs is 1. The summed E-state index contributed by atoms with van der Waals surface area (Å²) in [6, 6.07) is 12.2. The number of benzene rings is 2. The van der Waals surface area contributed by atoms with Crippen LogP contribution in [0.3, 0.4) is 0 Å². The van der Waals surface area contributed by atoms with Crippen LogP contribution in [0.4, 0.5) is 4.79 Å². The summed E-state index contributed by atoms with van der Waals surface area (Å²) in [4.78, 5) is 26.4. The Kier molecular flexibility index (Phi) is 7.44. The number of amides is 2. The lowest BCUT2D eigenvalue weighted by Crippen LogP contribution is -2.46. The Morgan fingerprint density at radius 1 is 1.17 bits per heavy atom. The Morgan fingerprint density at radius 2 is 1.89 bits per heavy atom. The molecule has 0 spiro atoms. The lowest BCUT2D eigenvalue weighted by atomic mass is 9.98. The summed E-state index contributed by atoms with van der Waals surface area (Å²) < 4.78 is 16.5. The van der Waals surface area contributed by atoms with Gasteiger partial charge in [0.05, 0.1) is 20.0 Å². The van der Waals surface area contributed by atoms with E-state index in [0.717, 1.165) is 33.2 Å². The van der Waals surface area contributed by atoms with Gasteiger partial charge in [-0.1, -0.05) is 29.8 Å². The standard InChI is InChI=1S/C28H32N2O5/c1-5-34-28(32)30-12-10-21(11-13-30)29-27(31)14-19(3)22-15-23-24(20-8-6-18(2)7-9-20)17-35-26(23)16-25(22)33-4/h6-9,14-17,21H,5,10-13H2,1-4H3,(H,29,31)/b19-14+. The molecule has 0 bridgehead atoms. The van der Waals surface area contributed by atoms with Gasteiger partial charge < -0.3 is 24.1 Å². The molecule has 1 aliphatic rings. The molecule has 3 aromatic rings. The first kappa shape index (κ1) is 24.4. The summed E-state index contributed by atoms with van der Waals surface area (Å²) in [5, 5.41) is 4.03. The molecule has 1 fully saturated rings. The number of allylic oxidation sites excluding steroid dienone is 1. The first-order chi connectivity index (χ1) is 16.9. The van der Waals surface area contributed by atoms with E-state index in [2.05, 4.69) is 36.5 Å². The maximum atomic E-state index is 12.8. The molecular formula is C28H32N2O5. The topological polar surface area (TPSA) is 81.0 Å². The van der Waals surface area contributed by atoms with Gasteiger partial charge in [0.25, 0.3) is 0 Å². The van der Waals surface area contributed by atoms with Gasteiger partial charge >= 0.3 is 6.09 Å². The van der Waals surface area contributed by atoms with Crippen molar-refractivity contribution in [2.24, 2.45) is 0 Å². The van der Waals surface area contributed by atoms with Gasteiger partial charge in [0.1, 0.15) is 11.3 Å². The van der Waals surface area contributed by atoms with Crippen molar-refractivity contribution in [2.45, 2.75) is 39.7 Å². The molecule has 4 rings (SSSR count). The first-order valence-corrected chi connectivity index (χ1v) is 12.0. The van der Waals surface area contributed by atoms with Crippen molar-refractivity contribution in [3.63, 3.8) is 0 Å². The molecule has 7 heteroatoms. The number of piperidine rings is 1. The van der Waals surface area contributed by atoms with Crippen LogP contribution in [0, 0.1) is 6.92 Å². The largest absolute Gasteiger partial charge is 0.496 e. The predicted octanol–water partition coefficient (Wildman–Crippen LogP) is 5.56. The molecule has 2 heterocycles. The van der Waals surface area contributed by atoms with E-state index in [4.69, 9.17) is 13.9 Å². The third-order valence-corrected chi connectivity index (χ3v) is 6.40. The minimum Gasteiger partial charge on any atom is -0.496 e. The van der Waals surface area contributed by atoms with Gasteiger partial charge in [0, 0.05) is 47.8 Å². The van der Waals surface area contributed by atoms with Gasteiger partial charge in [-0.2, -0.15) is 0 Å². The Bertz CT molecular complexity index is 1230. The summed E-state index contributed by atoms with van der Waals surface area (Å²) in [6.07, 6.45) is 4.46. The minimum atomic E-state index is -0.292. The van der Waals surface area contributed by atoms with E-state index in [1.165, 1.54) is 5.56 Å². The lowest BCUT2D eigenvalue weighted by Gasteiger charge is -2.31. The number of nitrogens with one attached hydrogen (secondary N) is 1. The van der Waals surface area contributed by atoms with Crippen LogP contribution in [-0.2, 0) is 9.53 Å². The Morgan fingerprint density at radius 3 is 2.54 bits per heavy atom. The molecule has 0 aliphatic carbocycles.